The van der Waals surface area contributed by atoms with Gasteiger partial charge >= 0.3 is 5.97 Å². The Bertz CT molecular complexity index is 865. The van der Waals surface area contributed by atoms with Gasteiger partial charge in [0.2, 0.25) is 23.6 Å². The molecular formula is C22H39N9O6. The lowest BCUT2D eigenvalue weighted by Gasteiger charge is -2.21. The van der Waals surface area contributed by atoms with Gasteiger partial charge in [0.25, 0.3) is 0 Å². The number of aromatic nitrogens is 2. The Balaban J connectivity index is 2.74. The first-order valence-corrected chi connectivity index (χ1v) is 12.2. The van der Waals surface area contributed by atoms with Crippen LogP contribution in [0.4, 0.5) is 0 Å². The number of H-pyrrole nitrogens is 1. The molecule has 208 valence electrons. The molecule has 0 unspecified atom stereocenters. The molecule has 0 radical (unpaired) electrons. The molecule has 15 heteroatoms. The molecule has 0 saturated heterocycles. The lowest BCUT2D eigenvalue weighted by atomic mass is 10.1. The molecule has 1 aromatic rings. The second-order valence-corrected chi connectivity index (χ2v) is 8.45. The van der Waals surface area contributed by atoms with Crippen LogP contribution in [0.5, 0.6) is 0 Å². The van der Waals surface area contributed by atoms with E-state index in [-0.39, 0.29) is 12.8 Å². The molecule has 4 amide bonds. The van der Waals surface area contributed by atoms with E-state index in [1.54, 1.807) is 6.20 Å². The first-order chi connectivity index (χ1) is 17.7. The average Bonchev–Trinajstić information content (AvgIpc) is 3.38. The van der Waals surface area contributed by atoms with E-state index in [2.05, 4.69) is 31.2 Å². The van der Waals surface area contributed by atoms with E-state index in [9.17, 15) is 24.0 Å². The number of hydrogen-bond acceptors (Lipinski definition) is 9. The number of carbonyl (C=O) groups is 5. The van der Waals surface area contributed by atoms with Crippen LogP contribution in [0.25, 0.3) is 0 Å². The van der Waals surface area contributed by atoms with Gasteiger partial charge in [-0.25, -0.2) is 4.98 Å². The van der Waals surface area contributed by atoms with Crippen molar-refractivity contribution >= 4 is 29.6 Å². The third kappa shape index (κ3) is 13.4. The number of rotatable bonds is 19. The number of carbonyl (C=O) groups excluding carboxylic acids is 4. The smallest absolute Gasteiger partial charge is 0.322 e. The number of nitrogens with zero attached hydrogens (tertiary/aromatic N) is 1. The molecule has 15 nitrogen and oxygen atoms in total. The molecule has 0 aromatic carbocycles. The fraction of sp³-hybridized carbons (Fsp3) is 0.636. The highest BCUT2D eigenvalue weighted by Crippen LogP contribution is 2.03. The van der Waals surface area contributed by atoms with Crippen LogP contribution in [0.3, 0.4) is 0 Å². The van der Waals surface area contributed by atoms with Gasteiger partial charge in [-0.05, 0) is 45.2 Å². The first kappa shape index (κ1) is 31.5. The van der Waals surface area contributed by atoms with Gasteiger partial charge in [-0.2, -0.15) is 0 Å². The number of carboxylic acid groups (broad SMARTS) is 1. The van der Waals surface area contributed by atoms with Crippen molar-refractivity contribution in [3.63, 3.8) is 0 Å². The number of aromatic amines is 1. The minimum absolute atomic E-state index is 0.0531. The standard InChI is InChI=1S/C22H39N9O6/c23-7-3-1-5-15(25)20(35)31-17(9-14-10-26-13-29-14)22(37)27-11-18(32)30-16(6-2-4-8-24)21(36)28-12-19(33)34/h10,13,15-17H,1-9,11-12,23-25H2,(H,26,29)(H,27,37)(H,28,36)(H,30,32)(H,31,35)(H,33,34)/t15-,16-,17-/m0/s1. The lowest BCUT2D eigenvalue weighted by Crippen LogP contribution is -2.54. The molecular weight excluding hydrogens is 486 g/mol. The zero-order chi connectivity index (χ0) is 27.6. The van der Waals surface area contributed by atoms with E-state index in [1.165, 1.54) is 6.33 Å². The monoisotopic (exact) mass is 525 g/mol. The fourth-order valence-electron chi connectivity index (χ4n) is 3.32. The Labute approximate surface area is 215 Å². The quantitative estimate of drug-likeness (QED) is 0.0818. The van der Waals surface area contributed by atoms with Gasteiger partial charge in [0, 0.05) is 12.6 Å². The molecule has 1 heterocycles. The third-order valence-corrected chi connectivity index (χ3v) is 5.34. The summed E-state index contributed by atoms with van der Waals surface area (Å²) in [5.74, 6) is -3.72. The molecule has 0 bridgehead atoms. The molecule has 0 aliphatic carbocycles. The van der Waals surface area contributed by atoms with Gasteiger partial charge in [-0.1, -0.05) is 6.42 Å². The molecule has 12 N–H and O–H groups in total. The van der Waals surface area contributed by atoms with Gasteiger partial charge < -0.3 is 48.6 Å². The SMILES string of the molecule is NCCCC[C@H](NC(=O)CNC(=O)[C@H](Cc1c[nH]cn1)NC(=O)[C@@H](N)CCCCN)C(=O)NCC(=O)O. The average molecular weight is 526 g/mol. The molecule has 37 heavy (non-hydrogen) atoms. The number of hydrogen-bond donors (Lipinski definition) is 9. The largest absolute Gasteiger partial charge is 0.480 e. The summed E-state index contributed by atoms with van der Waals surface area (Å²) in [6.07, 6.45) is 6.20. The molecule has 0 fully saturated rings. The van der Waals surface area contributed by atoms with Gasteiger partial charge in [-0.3, -0.25) is 24.0 Å². The summed E-state index contributed by atoms with van der Waals surface area (Å²) in [5, 5.41) is 18.5. The zero-order valence-electron chi connectivity index (χ0n) is 20.8. The molecule has 1 aromatic heterocycles. The highest BCUT2D eigenvalue weighted by molar-refractivity contribution is 5.93. The number of nitrogens with one attached hydrogen (secondary N) is 5. The highest BCUT2D eigenvalue weighted by Gasteiger charge is 2.26. The maximum absolute atomic E-state index is 12.8. The lowest BCUT2D eigenvalue weighted by molar-refractivity contribution is -0.138. The van der Waals surface area contributed by atoms with E-state index in [1.807, 2.05) is 0 Å². The van der Waals surface area contributed by atoms with Gasteiger partial charge in [0.1, 0.15) is 18.6 Å². The van der Waals surface area contributed by atoms with Gasteiger partial charge in [0.05, 0.1) is 24.6 Å². The number of nitrogens with two attached hydrogens (primary N) is 3. The minimum Gasteiger partial charge on any atom is -0.480 e. The summed E-state index contributed by atoms with van der Waals surface area (Å²) < 4.78 is 0. The number of carboxylic acids is 1. The maximum Gasteiger partial charge on any atom is 0.322 e. The van der Waals surface area contributed by atoms with Crippen LogP contribution in [0.1, 0.15) is 44.2 Å². The van der Waals surface area contributed by atoms with Crippen LogP contribution >= 0.6 is 0 Å². The predicted octanol–water partition coefficient (Wildman–Crippen LogP) is -3.18. The topological polar surface area (TPSA) is 260 Å². The second-order valence-electron chi connectivity index (χ2n) is 8.45. The van der Waals surface area contributed by atoms with Crippen LogP contribution in [0, 0.1) is 0 Å². The second kappa shape index (κ2) is 17.8. The van der Waals surface area contributed by atoms with Crippen molar-refractivity contribution < 1.29 is 29.1 Å². The van der Waals surface area contributed by atoms with Crippen molar-refractivity contribution in [1.29, 1.82) is 0 Å². The Kier molecular flexibility index (Phi) is 15.1. The van der Waals surface area contributed by atoms with Crippen LogP contribution < -0.4 is 38.5 Å². The summed E-state index contributed by atoms with van der Waals surface area (Å²) in [5.41, 5.74) is 17.4. The van der Waals surface area contributed by atoms with Crippen LogP contribution in [0.15, 0.2) is 12.5 Å². The normalized spacial score (nSPS) is 13.2. The van der Waals surface area contributed by atoms with Crippen LogP contribution in [-0.2, 0) is 30.4 Å². The number of amides is 4. The maximum atomic E-state index is 12.8. The summed E-state index contributed by atoms with van der Waals surface area (Å²) in [4.78, 5) is 67.7. The van der Waals surface area contributed by atoms with Crippen molar-refractivity contribution in [2.75, 3.05) is 26.2 Å². The summed E-state index contributed by atoms with van der Waals surface area (Å²) in [7, 11) is 0. The van der Waals surface area contributed by atoms with Crippen molar-refractivity contribution in [3.8, 4) is 0 Å². The number of imidazole rings is 1. The van der Waals surface area contributed by atoms with Crippen molar-refractivity contribution in [3.05, 3.63) is 18.2 Å². The molecule has 0 saturated carbocycles. The predicted molar refractivity (Wildman–Crippen MR) is 134 cm³/mol. The van der Waals surface area contributed by atoms with Gasteiger partial charge in [-0.15, -0.1) is 0 Å². The Morgan fingerprint density at radius 1 is 0.865 bits per heavy atom. The zero-order valence-corrected chi connectivity index (χ0v) is 20.8. The third-order valence-electron chi connectivity index (χ3n) is 5.34. The van der Waals surface area contributed by atoms with Gasteiger partial charge in [0.15, 0.2) is 0 Å². The Morgan fingerprint density at radius 3 is 2.08 bits per heavy atom. The Morgan fingerprint density at radius 2 is 1.49 bits per heavy atom. The van der Waals surface area contributed by atoms with E-state index in [0.717, 1.165) is 6.42 Å². The first-order valence-electron chi connectivity index (χ1n) is 12.2. The number of unbranched alkanes of at least 4 members (excludes halogenated alkanes) is 2. The molecule has 0 aliphatic heterocycles. The molecule has 0 aliphatic rings. The van der Waals surface area contributed by atoms with E-state index in [4.69, 9.17) is 22.3 Å². The molecule has 0 spiro atoms. The van der Waals surface area contributed by atoms with E-state index < -0.39 is 60.8 Å². The fourth-order valence-corrected chi connectivity index (χ4v) is 3.32. The van der Waals surface area contributed by atoms with Crippen LogP contribution in [0.2, 0.25) is 0 Å². The van der Waals surface area contributed by atoms with E-state index >= 15 is 0 Å². The number of aliphatic carboxylic acids is 1. The van der Waals surface area contributed by atoms with Crippen molar-refractivity contribution in [2.45, 2.75) is 63.1 Å². The van der Waals surface area contributed by atoms with Crippen LogP contribution in [-0.4, -0.2) is 89.0 Å². The van der Waals surface area contributed by atoms with Crippen molar-refractivity contribution in [1.82, 2.24) is 31.2 Å². The summed E-state index contributed by atoms with van der Waals surface area (Å²) in [6, 6.07) is -2.88. The summed E-state index contributed by atoms with van der Waals surface area (Å²) >= 11 is 0. The van der Waals surface area contributed by atoms with E-state index in [0.29, 0.717) is 44.5 Å². The highest BCUT2D eigenvalue weighted by atomic mass is 16.4. The molecule has 1 rings (SSSR count). The minimum atomic E-state index is -1.23. The Hall–Kier alpha value is -3.56. The van der Waals surface area contributed by atoms with Crippen molar-refractivity contribution in [2.24, 2.45) is 17.2 Å². The summed E-state index contributed by atoms with van der Waals surface area (Å²) in [6.45, 7) is -0.196. The molecule has 3 atom stereocenters.